The molecule has 8 heteroatoms. The van der Waals surface area contributed by atoms with Crippen molar-refractivity contribution in [2.24, 2.45) is 0 Å². The van der Waals surface area contributed by atoms with Gasteiger partial charge in [0.05, 0.1) is 6.61 Å². The highest BCUT2D eigenvalue weighted by Gasteiger charge is 2.18. The third-order valence-corrected chi connectivity index (χ3v) is 1.82. The maximum absolute atomic E-state index is 8.74. The standard InChI is InChI=1S/C8H14N2O.H2O4S/c1-3-8-9(2)4-5-10(8)6-7-11;1-5(2,3)4/h3-5,8,11H,1,6-7H2,2H3;(H2,1,2,3,4). The van der Waals surface area contributed by atoms with Gasteiger partial charge in [0.1, 0.15) is 6.17 Å². The molecule has 1 aliphatic heterocycles. The average molecular weight is 252 g/mol. The molecule has 0 spiro atoms. The van der Waals surface area contributed by atoms with E-state index >= 15 is 0 Å². The molecule has 0 fully saturated rings. The molecule has 1 atom stereocenters. The van der Waals surface area contributed by atoms with Crippen molar-refractivity contribution in [3.63, 3.8) is 0 Å². The smallest absolute Gasteiger partial charge is 0.394 e. The van der Waals surface area contributed by atoms with Gasteiger partial charge in [-0.05, 0) is 6.08 Å². The first kappa shape index (κ1) is 14.9. The van der Waals surface area contributed by atoms with Gasteiger partial charge in [-0.2, -0.15) is 8.42 Å². The zero-order valence-corrected chi connectivity index (χ0v) is 9.71. The van der Waals surface area contributed by atoms with E-state index < -0.39 is 10.4 Å². The lowest BCUT2D eigenvalue weighted by Crippen LogP contribution is -2.35. The summed E-state index contributed by atoms with van der Waals surface area (Å²) < 4.78 is 31.6. The lowest BCUT2D eigenvalue weighted by atomic mass is 10.4. The van der Waals surface area contributed by atoms with Crippen molar-refractivity contribution < 1.29 is 22.6 Å². The second kappa shape index (κ2) is 6.48. The maximum atomic E-state index is 8.74. The van der Waals surface area contributed by atoms with Crippen molar-refractivity contribution in [1.29, 1.82) is 0 Å². The molecule has 0 aromatic heterocycles. The number of rotatable bonds is 3. The predicted octanol–water partition coefficient (Wildman–Crippen LogP) is -0.443. The van der Waals surface area contributed by atoms with E-state index in [9.17, 15) is 0 Å². The Morgan fingerprint density at radius 1 is 1.44 bits per heavy atom. The highest BCUT2D eigenvalue weighted by atomic mass is 32.3. The molecule has 0 aromatic carbocycles. The van der Waals surface area contributed by atoms with Gasteiger partial charge >= 0.3 is 10.4 Å². The van der Waals surface area contributed by atoms with Gasteiger partial charge in [-0.1, -0.05) is 6.58 Å². The maximum Gasteiger partial charge on any atom is 0.394 e. The summed E-state index contributed by atoms with van der Waals surface area (Å²) in [6.45, 7) is 4.57. The van der Waals surface area contributed by atoms with Crippen LogP contribution in [0.25, 0.3) is 0 Å². The van der Waals surface area contributed by atoms with Crippen molar-refractivity contribution in [1.82, 2.24) is 9.80 Å². The van der Waals surface area contributed by atoms with E-state index in [0.29, 0.717) is 6.54 Å². The summed E-state index contributed by atoms with van der Waals surface area (Å²) in [5, 5.41) is 8.70. The molecule has 1 rings (SSSR count). The van der Waals surface area contributed by atoms with Crippen LogP contribution in [-0.4, -0.2) is 58.8 Å². The molecule has 1 aliphatic rings. The first-order valence-corrected chi connectivity index (χ1v) is 5.78. The third kappa shape index (κ3) is 6.40. The molecule has 0 bridgehead atoms. The van der Waals surface area contributed by atoms with Gasteiger partial charge < -0.3 is 14.9 Å². The summed E-state index contributed by atoms with van der Waals surface area (Å²) in [7, 11) is -2.68. The van der Waals surface area contributed by atoms with E-state index in [-0.39, 0.29) is 12.8 Å². The minimum absolute atomic E-state index is 0.183. The Labute approximate surface area is 94.9 Å². The van der Waals surface area contributed by atoms with Crippen molar-refractivity contribution >= 4 is 10.4 Å². The highest BCUT2D eigenvalue weighted by molar-refractivity contribution is 7.79. The van der Waals surface area contributed by atoms with E-state index in [1.54, 1.807) is 0 Å². The Bertz CT molecular complexity index is 332. The molecule has 7 nitrogen and oxygen atoms in total. The van der Waals surface area contributed by atoms with Gasteiger partial charge in [0.15, 0.2) is 0 Å². The number of nitrogens with zero attached hydrogens (tertiary/aromatic N) is 2. The zero-order valence-electron chi connectivity index (χ0n) is 8.89. The first-order chi connectivity index (χ1) is 7.29. The van der Waals surface area contributed by atoms with E-state index in [1.807, 2.05) is 35.3 Å². The molecule has 1 unspecified atom stereocenters. The van der Waals surface area contributed by atoms with E-state index in [1.165, 1.54) is 0 Å². The summed E-state index contributed by atoms with van der Waals surface area (Å²) in [5.41, 5.74) is 0. The second-order valence-electron chi connectivity index (χ2n) is 3.02. The van der Waals surface area contributed by atoms with Crippen molar-refractivity contribution in [3.05, 3.63) is 25.1 Å². The molecule has 16 heavy (non-hydrogen) atoms. The van der Waals surface area contributed by atoms with Crippen molar-refractivity contribution in [2.45, 2.75) is 6.17 Å². The molecule has 0 amide bonds. The molecule has 0 saturated heterocycles. The number of likely N-dealkylation sites (N-methyl/N-ethyl adjacent to an activating group) is 1. The number of aliphatic hydroxyl groups excluding tert-OH is 1. The molecule has 0 aliphatic carbocycles. The molecule has 1 heterocycles. The van der Waals surface area contributed by atoms with E-state index in [2.05, 4.69) is 6.58 Å². The zero-order chi connectivity index (χ0) is 12.8. The van der Waals surface area contributed by atoms with Crippen molar-refractivity contribution in [2.75, 3.05) is 20.2 Å². The molecule has 0 saturated carbocycles. The Kier molecular flexibility index (Phi) is 6.04. The van der Waals surface area contributed by atoms with E-state index in [0.717, 1.165) is 0 Å². The molecule has 3 N–H and O–H groups in total. The Balaban J connectivity index is 0.000000385. The van der Waals surface area contributed by atoms with Crippen LogP contribution in [0.5, 0.6) is 0 Å². The quantitative estimate of drug-likeness (QED) is 0.462. The second-order valence-corrected chi connectivity index (χ2v) is 3.92. The minimum atomic E-state index is -4.67. The molecular weight excluding hydrogens is 236 g/mol. The number of β-amino-alcohol motifs (C(OH)–C–C–N with tert-alkyl or cyclic N) is 1. The van der Waals surface area contributed by atoms with Crippen LogP contribution in [0.15, 0.2) is 25.1 Å². The summed E-state index contributed by atoms with van der Waals surface area (Å²) in [5.74, 6) is 0. The summed E-state index contributed by atoms with van der Waals surface area (Å²) in [6, 6.07) is 0. The van der Waals surface area contributed by atoms with Gasteiger partial charge in [0, 0.05) is 26.0 Å². The van der Waals surface area contributed by atoms with Crippen LogP contribution in [0.3, 0.4) is 0 Å². The number of hydrogen-bond acceptors (Lipinski definition) is 5. The monoisotopic (exact) mass is 252 g/mol. The molecule has 94 valence electrons. The fourth-order valence-corrected chi connectivity index (χ4v) is 1.23. The van der Waals surface area contributed by atoms with Crippen LogP contribution < -0.4 is 0 Å². The van der Waals surface area contributed by atoms with Gasteiger partial charge in [-0.15, -0.1) is 0 Å². The van der Waals surface area contributed by atoms with Crippen LogP contribution in [0.2, 0.25) is 0 Å². The predicted molar refractivity (Wildman–Crippen MR) is 58.9 cm³/mol. The van der Waals surface area contributed by atoms with Gasteiger partial charge in [-0.3, -0.25) is 9.11 Å². The lowest BCUT2D eigenvalue weighted by molar-refractivity contribution is 0.177. The van der Waals surface area contributed by atoms with Crippen LogP contribution in [0.4, 0.5) is 0 Å². The Morgan fingerprint density at radius 3 is 2.31 bits per heavy atom. The van der Waals surface area contributed by atoms with Gasteiger partial charge in [0.2, 0.25) is 0 Å². The van der Waals surface area contributed by atoms with Crippen LogP contribution in [0, 0.1) is 0 Å². The van der Waals surface area contributed by atoms with Gasteiger partial charge in [0.25, 0.3) is 0 Å². The van der Waals surface area contributed by atoms with Crippen LogP contribution >= 0.6 is 0 Å². The number of hydrogen-bond donors (Lipinski definition) is 3. The van der Waals surface area contributed by atoms with Gasteiger partial charge in [-0.25, -0.2) is 0 Å². The molecular formula is C8H16N2O5S. The largest absolute Gasteiger partial charge is 0.395 e. The third-order valence-electron chi connectivity index (χ3n) is 1.82. The number of aliphatic hydroxyl groups is 1. The van der Waals surface area contributed by atoms with Crippen molar-refractivity contribution in [3.8, 4) is 0 Å². The van der Waals surface area contributed by atoms with E-state index in [4.69, 9.17) is 22.6 Å². The average Bonchev–Trinajstić information content (AvgIpc) is 2.45. The summed E-state index contributed by atoms with van der Waals surface area (Å²) >= 11 is 0. The Hall–Kier alpha value is -1.09. The Morgan fingerprint density at radius 2 is 1.94 bits per heavy atom. The summed E-state index contributed by atoms with van der Waals surface area (Å²) in [6.07, 6.45) is 6.00. The molecule has 0 radical (unpaired) electrons. The topological polar surface area (TPSA) is 101 Å². The van der Waals surface area contributed by atoms with Crippen LogP contribution in [-0.2, 0) is 10.4 Å². The fraction of sp³-hybridized carbons (Fsp3) is 0.500. The normalized spacial score (nSPS) is 19.4. The minimum Gasteiger partial charge on any atom is -0.395 e. The highest BCUT2D eigenvalue weighted by Crippen LogP contribution is 2.13. The fourth-order valence-electron chi connectivity index (χ4n) is 1.23. The van der Waals surface area contributed by atoms with Crippen LogP contribution in [0.1, 0.15) is 0 Å². The summed E-state index contributed by atoms with van der Waals surface area (Å²) in [4.78, 5) is 4.08. The first-order valence-electron chi connectivity index (χ1n) is 4.39. The SMILES string of the molecule is C=CC1N(C)C=CN1CCO.O=S(=O)(O)O. The lowest BCUT2D eigenvalue weighted by Gasteiger charge is -2.26. The molecule has 0 aromatic rings.